The number of esters is 1. The summed E-state index contributed by atoms with van der Waals surface area (Å²) in [4.78, 5) is 29.9. The molecule has 0 bridgehead atoms. The second-order valence-corrected chi connectivity index (χ2v) is 6.77. The predicted octanol–water partition coefficient (Wildman–Crippen LogP) is 3.14. The van der Waals surface area contributed by atoms with Crippen LogP contribution in [0.2, 0.25) is 0 Å². The van der Waals surface area contributed by atoms with Crippen LogP contribution in [0.4, 0.5) is 4.79 Å². The molecule has 0 radical (unpaired) electrons. The Balaban J connectivity index is 2.44. The van der Waals surface area contributed by atoms with Crippen molar-refractivity contribution in [3.63, 3.8) is 0 Å². The molecule has 1 heterocycles. The molecular formula is C16H27N3O3S. The SMILES string of the molecule is CCCCOC(=O)C(C)NC(=O)N(C)Cc1csc(C(C)C)n1. The molecule has 0 aliphatic rings. The molecule has 7 heteroatoms. The number of ether oxygens (including phenoxy) is 1. The zero-order valence-electron chi connectivity index (χ0n) is 14.6. The smallest absolute Gasteiger partial charge is 0.328 e. The monoisotopic (exact) mass is 341 g/mol. The third-order valence-corrected chi connectivity index (χ3v) is 4.44. The molecule has 0 spiro atoms. The summed E-state index contributed by atoms with van der Waals surface area (Å²) in [5.74, 6) is -0.0262. The molecule has 1 atom stereocenters. The van der Waals surface area contributed by atoms with Gasteiger partial charge in [0.25, 0.3) is 0 Å². The minimum atomic E-state index is -0.663. The van der Waals surface area contributed by atoms with Gasteiger partial charge < -0.3 is 15.0 Å². The van der Waals surface area contributed by atoms with Crippen LogP contribution in [0.25, 0.3) is 0 Å². The maximum atomic E-state index is 12.1. The Morgan fingerprint density at radius 3 is 2.65 bits per heavy atom. The number of rotatable bonds is 8. The van der Waals surface area contributed by atoms with E-state index in [0.717, 1.165) is 23.5 Å². The summed E-state index contributed by atoms with van der Waals surface area (Å²) in [6.45, 7) is 8.63. The van der Waals surface area contributed by atoms with Crippen LogP contribution in [0.15, 0.2) is 5.38 Å². The largest absolute Gasteiger partial charge is 0.464 e. The van der Waals surface area contributed by atoms with E-state index in [2.05, 4.69) is 24.1 Å². The molecule has 1 aromatic rings. The fraction of sp³-hybridized carbons (Fsp3) is 0.688. The highest BCUT2D eigenvalue weighted by atomic mass is 32.1. The lowest BCUT2D eigenvalue weighted by Gasteiger charge is -2.20. The second-order valence-electron chi connectivity index (χ2n) is 5.88. The van der Waals surface area contributed by atoms with Crippen molar-refractivity contribution >= 4 is 23.3 Å². The molecule has 1 N–H and O–H groups in total. The van der Waals surface area contributed by atoms with E-state index in [1.165, 1.54) is 4.90 Å². The fourth-order valence-corrected chi connectivity index (χ4v) is 2.60. The van der Waals surface area contributed by atoms with Crippen LogP contribution in [0.5, 0.6) is 0 Å². The fourth-order valence-electron chi connectivity index (χ4n) is 1.77. The van der Waals surface area contributed by atoms with E-state index >= 15 is 0 Å². The van der Waals surface area contributed by atoms with Crippen molar-refractivity contribution in [2.75, 3.05) is 13.7 Å². The lowest BCUT2D eigenvalue weighted by Crippen LogP contribution is -2.45. The van der Waals surface area contributed by atoms with Crippen molar-refractivity contribution in [3.8, 4) is 0 Å². The summed E-state index contributed by atoms with van der Waals surface area (Å²) in [5.41, 5.74) is 0.856. The van der Waals surface area contributed by atoms with E-state index in [-0.39, 0.29) is 6.03 Å². The van der Waals surface area contributed by atoms with E-state index in [4.69, 9.17) is 4.74 Å². The lowest BCUT2D eigenvalue weighted by atomic mass is 10.2. The molecule has 0 aromatic carbocycles. The third-order valence-electron chi connectivity index (χ3n) is 3.25. The van der Waals surface area contributed by atoms with Crippen molar-refractivity contribution < 1.29 is 14.3 Å². The van der Waals surface area contributed by atoms with Crippen molar-refractivity contribution in [1.82, 2.24) is 15.2 Å². The number of thiazole rings is 1. The van der Waals surface area contributed by atoms with E-state index in [9.17, 15) is 9.59 Å². The topological polar surface area (TPSA) is 71.5 Å². The third kappa shape index (κ3) is 6.56. The number of hydrogen-bond acceptors (Lipinski definition) is 5. The molecule has 2 amide bonds. The van der Waals surface area contributed by atoms with Gasteiger partial charge in [-0.3, -0.25) is 0 Å². The summed E-state index contributed by atoms with van der Waals surface area (Å²) in [5, 5.41) is 5.66. The number of amides is 2. The molecule has 1 unspecified atom stereocenters. The van der Waals surface area contributed by atoms with Gasteiger partial charge >= 0.3 is 12.0 Å². The molecular weight excluding hydrogens is 314 g/mol. The van der Waals surface area contributed by atoms with Gasteiger partial charge in [0.2, 0.25) is 0 Å². The first-order chi connectivity index (χ1) is 10.8. The number of unbranched alkanes of at least 4 members (excludes halogenated alkanes) is 1. The number of carbonyl (C=O) groups is 2. The molecule has 6 nitrogen and oxygen atoms in total. The van der Waals surface area contributed by atoms with Gasteiger partial charge in [0.05, 0.1) is 23.9 Å². The molecule has 23 heavy (non-hydrogen) atoms. The van der Waals surface area contributed by atoms with Crippen molar-refractivity contribution in [3.05, 3.63) is 16.1 Å². The van der Waals surface area contributed by atoms with Gasteiger partial charge in [-0.05, 0) is 13.3 Å². The van der Waals surface area contributed by atoms with Gasteiger partial charge in [0.15, 0.2) is 0 Å². The summed E-state index contributed by atoms with van der Waals surface area (Å²) in [6, 6.07) is -0.979. The Kier molecular flexibility index (Phi) is 8.02. The first kappa shape index (κ1) is 19.4. The van der Waals surface area contributed by atoms with Gasteiger partial charge in [0.1, 0.15) is 6.04 Å². The first-order valence-electron chi connectivity index (χ1n) is 7.97. The number of carbonyl (C=O) groups excluding carboxylic acids is 2. The molecule has 0 aliphatic heterocycles. The van der Waals surface area contributed by atoms with Crippen LogP contribution >= 0.6 is 11.3 Å². The molecule has 0 aliphatic carbocycles. The minimum absolute atomic E-state index is 0.316. The number of nitrogens with one attached hydrogen (secondary N) is 1. The highest BCUT2D eigenvalue weighted by Crippen LogP contribution is 2.19. The summed E-state index contributed by atoms with van der Waals surface area (Å²) >= 11 is 1.60. The molecule has 0 fully saturated rings. The standard InChI is InChI=1S/C16H27N3O3S/c1-6-7-8-22-15(20)12(4)17-16(21)19(5)9-13-10-23-14(18-13)11(2)3/h10-12H,6-9H2,1-5H3,(H,17,21). The van der Waals surface area contributed by atoms with Gasteiger partial charge in [-0.25, -0.2) is 14.6 Å². The average molecular weight is 341 g/mol. The van der Waals surface area contributed by atoms with E-state index in [1.807, 2.05) is 12.3 Å². The van der Waals surface area contributed by atoms with Gasteiger partial charge in [-0.1, -0.05) is 27.2 Å². The molecule has 1 aromatic heterocycles. The van der Waals surface area contributed by atoms with Gasteiger partial charge in [-0.15, -0.1) is 11.3 Å². The minimum Gasteiger partial charge on any atom is -0.464 e. The Morgan fingerprint density at radius 2 is 2.09 bits per heavy atom. The molecule has 1 rings (SSSR count). The van der Waals surface area contributed by atoms with Crippen LogP contribution in [0, 0.1) is 0 Å². The Hall–Kier alpha value is -1.63. The van der Waals surface area contributed by atoms with E-state index in [0.29, 0.717) is 19.1 Å². The number of nitrogens with zero attached hydrogens (tertiary/aromatic N) is 2. The summed E-state index contributed by atoms with van der Waals surface area (Å²) in [7, 11) is 1.68. The number of hydrogen-bond donors (Lipinski definition) is 1. The second kappa shape index (κ2) is 9.50. The molecule has 130 valence electrons. The zero-order valence-corrected chi connectivity index (χ0v) is 15.4. The quantitative estimate of drug-likeness (QED) is 0.582. The lowest BCUT2D eigenvalue weighted by molar-refractivity contribution is -0.145. The molecule has 0 saturated heterocycles. The van der Waals surface area contributed by atoms with Crippen LogP contribution in [0.1, 0.15) is 57.2 Å². The first-order valence-corrected chi connectivity index (χ1v) is 8.85. The van der Waals surface area contributed by atoms with Gasteiger partial charge in [-0.2, -0.15) is 0 Å². The van der Waals surface area contributed by atoms with Gasteiger partial charge in [0, 0.05) is 18.3 Å². The summed E-state index contributed by atoms with van der Waals surface area (Å²) in [6.07, 6.45) is 1.79. The maximum Gasteiger partial charge on any atom is 0.328 e. The number of urea groups is 1. The Labute approximate surface area is 142 Å². The average Bonchev–Trinajstić information content (AvgIpc) is 2.95. The van der Waals surface area contributed by atoms with Crippen LogP contribution in [-0.2, 0) is 16.1 Å². The van der Waals surface area contributed by atoms with Crippen LogP contribution in [-0.4, -0.2) is 41.6 Å². The van der Waals surface area contributed by atoms with Crippen molar-refractivity contribution in [2.45, 2.75) is 59.0 Å². The summed E-state index contributed by atoms with van der Waals surface area (Å²) < 4.78 is 5.09. The maximum absolute atomic E-state index is 12.1. The predicted molar refractivity (Wildman–Crippen MR) is 91.5 cm³/mol. The van der Waals surface area contributed by atoms with E-state index in [1.54, 1.807) is 25.3 Å². The van der Waals surface area contributed by atoms with E-state index < -0.39 is 12.0 Å². The Morgan fingerprint density at radius 1 is 1.39 bits per heavy atom. The van der Waals surface area contributed by atoms with Crippen molar-refractivity contribution in [2.24, 2.45) is 0 Å². The number of aromatic nitrogens is 1. The highest BCUT2D eigenvalue weighted by molar-refractivity contribution is 7.09. The highest BCUT2D eigenvalue weighted by Gasteiger charge is 2.19. The van der Waals surface area contributed by atoms with Crippen molar-refractivity contribution in [1.29, 1.82) is 0 Å². The zero-order chi connectivity index (χ0) is 17.4. The van der Waals surface area contributed by atoms with Crippen LogP contribution in [0.3, 0.4) is 0 Å². The molecule has 0 saturated carbocycles. The Bertz CT molecular complexity index is 516. The van der Waals surface area contributed by atoms with Crippen LogP contribution < -0.4 is 5.32 Å². The normalized spacial score (nSPS) is 12.1.